The van der Waals surface area contributed by atoms with Gasteiger partial charge in [-0.2, -0.15) is 0 Å². The number of carbonyl (C=O) groups is 1. The predicted molar refractivity (Wildman–Crippen MR) is 170 cm³/mol. The van der Waals surface area contributed by atoms with Crippen LogP contribution >= 0.6 is 0 Å². The molecule has 0 unspecified atom stereocenters. The lowest BCUT2D eigenvalue weighted by Gasteiger charge is -2.39. The van der Waals surface area contributed by atoms with E-state index in [0.29, 0.717) is 32.3 Å². The summed E-state index contributed by atoms with van der Waals surface area (Å²) in [6.07, 6.45) is 5.80. The third kappa shape index (κ3) is 9.34. The maximum Gasteiger partial charge on any atom is 0.225 e. The Labute approximate surface area is 258 Å². The third-order valence-corrected chi connectivity index (χ3v) is 8.83. The Balaban J connectivity index is 1.46. The first-order valence-electron chi connectivity index (χ1n) is 15.9. The van der Waals surface area contributed by atoms with E-state index < -0.39 is 5.41 Å². The Morgan fingerprint density at radius 1 is 1.02 bits per heavy atom. The number of methoxy groups -OCH3 is 2. The van der Waals surface area contributed by atoms with Crippen molar-refractivity contribution in [3.8, 4) is 11.5 Å². The van der Waals surface area contributed by atoms with E-state index in [1.165, 1.54) is 5.56 Å². The highest BCUT2D eigenvalue weighted by Crippen LogP contribution is 2.43. The number of carbonyl (C=O) groups excluding carboxylic acids is 1. The van der Waals surface area contributed by atoms with Gasteiger partial charge in [0.05, 0.1) is 31.5 Å². The van der Waals surface area contributed by atoms with E-state index >= 15 is 0 Å². The summed E-state index contributed by atoms with van der Waals surface area (Å²) in [5.41, 5.74) is 3.15. The van der Waals surface area contributed by atoms with Crippen molar-refractivity contribution in [3.63, 3.8) is 0 Å². The van der Waals surface area contributed by atoms with Crippen LogP contribution < -0.4 is 19.7 Å². The highest BCUT2D eigenvalue weighted by molar-refractivity contribution is 5.81. The maximum atomic E-state index is 12.6. The standard InChI is InChI=1S/C35H52N2O6/c1-35(2,34(38)36-3)24-26-8-14-32(30(22-26)28-10-12-29(13-11-28)41-20-7-19-40-5)43-25-27-9-15-33-31(23-27)37(17-21-42-33)16-6-18-39-4/h9-13,15,23,26,30,32H,6-8,14,16-22,24-25H2,1-5H3,(H,36,38)/t26-,30+,32-/m0/s1. The van der Waals surface area contributed by atoms with E-state index in [2.05, 4.69) is 66.5 Å². The van der Waals surface area contributed by atoms with Crippen molar-refractivity contribution in [2.75, 3.05) is 65.7 Å². The molecule has 0 spiro atoms. The molecule has 0 bridgehead atoms. The number of ether oxygens (including phenoxy) is 5. The number of rotatable bonds is 16. The van der Waals surface area contributed by atoms with Gasteiger partial charge in [0.1, 0.15) is 18.1 Å². The summed E-state index contributed by atoms with van der Waals surface area (Å²) in [7, 11) is 5.18. The number of nitrogens with zero attached hydrogens (tertiary/aromatic N) is 1. The first-order chi connectivity index (χ1) is 20.8. The van der Waals surface area contributed by atoms with Gasteiger partial charge in [0.2, 0.25) is 5.91 Å². The lowest BCUT2D eigenvalue weighted by atomic mass is 9.70. The molecule has 2 aliphatic rings. The minimum absolute atomic E-state index is 0.0953. The molecule has 1 saturated carbocycles. The second-order valence-electron chi connectivity index (χ2n) is 12.5. The van der Waals surface area contributed by atoms with Gasteiger partial charge >= 0.3 is 0 Å². The molecule has 1 fully saturated rings. The van der Waals surface area contributed by atoms with Crippen LogP contribution in [0.1, 0.15) is 69.4 Å². The highest BCUT2D eigenvalue weighted by Gasteiger charge is 2.37. The summed E-state index contributed by atoms with van der Waals surface area (Å²) in [5.74, 6) is 2.60. The predicted octanol–water partition coefficient (Wildman–Crippen LogP) is 5.97. The van der Waals surface area contributed by atoms with Gasteiger partial charge in [0.25, 0.3) is 0 Å². The Kier molecular flexibility index (Phi) is 12.6. The average molecular weight is 597 g/mol. The largest absolute Gasteiger partial charge is 0.494 e. The van der Waals surface area contributed by atoms with Gasteiger partial charge in [-0.15, -0.1) is 0 Å². The van der Waals surface area contributed by atoms with E-state index in [-0.39, 0.29) is 17.9 Å². The van der Waals surface area contributed by atoms with Crippen molar-refractivity contribution < 1.29 is 28.5 Å². The molecule has 1 aliphatic carbocycles. The number of nitrogens with one attached hydrogen (secondary N) is 1. The van der Waals surface area contributed by atoms with Crippen molar-refractivity contribution in [1.82, 2.24) is 5.32 Å². The lowest BCUT2D eigenvalue weighted by molar-refractivity contribution is -0.130. The van der Waals surface area contributed by atoms with Gasteiger partial charge in [0, 0.05) is 58.8 Å². The minimum Gasteiger partial charge on any atom is -0.494 e. The molecule has 3 atom stereocenters. The van der Waals surface area contributed by atoms with Gasteiger partial charge in [-0.3, -0.25) is 4.79 Å². The smallest absolute Gasteiger partial charge is 0.225 e. The fraction of sp³-hybridized carbons (Fsp3) is 0.629. The van der Waals surface area contributed by atoms with Crippen LogP contribution in [0.3, 0.4) is 0 Å². The highest BCUT2D eigenvalue weighted by atomic mass is 16.5. The molecule has 4 rings (SSSR count). The van der Waals surface area contributed by atoms with Crippen LogP contribution in [0.4, 0.5) is 5.69 Å². The molecule has 2 aromatic carbocycles. The zero-order valence-electron chi connectivity index (χ0n) is 26.9. The number of benzene rings is 2. The number of fused-ring (bicyclic) bond motifs is 1. The second kappa shape index (κ2) is 16.3. The zero-order valence-corrected chi connectivity index (χ0v) is 26.9. The molecule has 43 heavy (non-hydrogen) atoms. The normalized spacial score (nSPS) is 20.3. The number of hydrogen-bond donors (Lipinski definition) is 1. The monoisotopic (exact) mass is 596 g/mol. The molecule has 1 N–H and O–H groups in total. The molecular formula is C35H52N2O6. The number of anilines is 1. The number of amides is 1. The van der Waals surface area contributed by atoms with E-state index in [0.717, 1.165) is 81.0 Å². The first kappa shape index (κ1) is 33.1. The van der Waals surface area contributed by atoms with Gasteiger partial charge in [-0.1, -0.05) is 32.0 Å². The Morgan fingerprint density at radius 2 is 1.79 bits per heavy atom. The van der Waals surface area contributed by atoms with E-state index in [4.69, 9.17) is 23.7 Å². The molecule has 2 aromatic rings. The quantitative estimate of drug-likeness (QED) is 0.239. The first-order valence-corrected chi connectivity index (χ1v) is 15.9. The summed E-state index contributed by atoms with van der Waals surface area (Å²) < 4.78 is 29.0. The third-order valence-electron chi connectivity index (χ3n) is 8.83. The Morgan fingerprint density at radius 3 is 2.53 bits per heavy atom. The van der Waals surface area contributed by atoms with Crippen LogP contribution in [-0.4, -0.2) is 72.8 Å². The average Bonchev–Trinajstić information content (AvgIpc) is 3.02. The molecule has 1 amide bonds. The molecule has 1 heterocycles. The summed E-state index contributed by atoms with van der Waals surface area (Å²) in [6.45, 7) is 9.26. The molecule has 0 saturated heterocycles. The zero-order chi connectivity index (χ0) is 30.7. The minimum atomic E-state index is -0.405. The number of hydrogen-bond acceptors (Lipinski definition) is 7. The Bertz CT molecular complexity index is 1140. The SMILES string of the molecule is CNC(=O)C(C)(C)C[C@H]1CC[C@H](OCc2ccc3c(c2)N(CCCOC)CCO3)[C@@H](c2ccc(OCCCOC)cc2)C1. The summed E-state index contributed by atoms with van der Waals surface area (Å²) in [5, 5.41) is 2.85. The van der Waals surface area contributed by atoms with Crippen molar-refractivity contribution in [3.05, 3.63) is 53.6 Å². The second-order valence-corrected chi connectivity index (χ2v) is 12.5. The van der Waals surface area contributed by atoms with Crippen LogP contribution in [0.5, 0.6) is 11.5 Å². The van der Waals surface area contributed by atoms with E-state index in [9.17, 15) is 4.79 Å². The summed E-state index contributed by atoms with van der Waals surface area (Å²) in [6, 6.07) is 14.9. The lowest BCUT2D eigenvalue weighted by Crippen LogP contribution is -2.38. The molecule has 8 heteroatoms. The van der Waals surface area contributed by atoms with Crippen molar-refractivity contribution in [2.45, 2.75) is 71.0 Å². The Hall–Kier alpha value is -2.81. The summed E-state index contributed by atoms with van der Waals surface area (Å²) >= 11 is 0. The van der Waals surface area contributed by atoms with Gasteiger partial charge in [-0.25, -0.2) is 0 Å². The fourth-order valence-corrected chi connectivity index (χ4v) is 6.57. The molecule has 238 valence electrons. The molecule has 8 nitrogen and oxygen atoms in total. The molecule has 0 radical (unpaired) electrons. The van der Waals surface area contributed by atoms with Crippen molar-refractivity contribution in [1.29, 1.82) is 0 Å². The fourth-order valence-electron chi connectivity index (χ4n) is 6.57. The van der Waals surface area contributed by atoms with Gasteiger partial charge in [-0.05, 0) is 73.4 Å². The van der Waals surface area contributed by atoms with Crippen LogP contribution in [0.2, 0.25) is 0 Å². The molecular weight excluding hydrogens is 544 g/mol. The van der Waals surface area contributed by atoms with Crippen LogP contribution in [0.15, 0.2) is 42.5 Å². The van der Waals surface area contributed by atoms with Crippen LogP contribution in [0.25, 0.3) is 0 Å². The maximum absolute atomic E-state index is 12.6. The molecule has 1 aliphatic heterocycles. The van der Waals surface area contributed by atoms with Crippen molar-refractivity contribution >= 4 is 11.6 Å². The van der Waals surface area contributed by atoms with Crippen LogP contribution in [0, 0.1) is 11.3 Å². The van der Waals surface area contributed by atoms with E-state index in [1.54, 1.807) is 21.3 Å². The van der Waals surface area contributed by atoms with E-state index in [1.807, 2.05) is 0 Å². The van der Waals surface area contributed by atoms with Gasteiger partial charge in [0.15, 0.2) is 0 Å². The topological polar surface area (TPSA) is 78.5 Å². The summed E-state index contributed by atoms with van der Waals surface area (Å²) in [4.78, 5) is 15.0. The van der Waals surface area contributed by atoms with Crippen LogP contribution in [-0.2, 0) is 25.6 Å². The van der Waals surface area contributed by atoms with Crippen molar-refractivity contribution in [2.24, 2.45) is 11.3 Å². The van der Waals surface area contributed by atoms with Gasteiger partial charge < -0.3 is 33.9 Å². The molecule has 0 aromatic heterocycles.